The number of nitrogens with zero attached hydrogens (tertiary/aromatic N) is 2. The molecule has 1 amide bonds. The van der Waals surface area contributed by atoms with Crippen LogP contribution in [0.3, 0.4) is 0 Å². The first kappa shape index (κ1) is 21.1. The molecule has 2 aliphatic rings. The van der Waals surface area contributed by atoms with Gasteiger partial charge in [-0.2, -0.15) is 0 Å². The molecule has 1 N–H and O–H groups in total. The molecule has 2 fully saturated rings. The van der Waals surface area contributed by atoms with Gasteiger partial charge < -0.3 is 10.2 Å². The molecule has 0 unspecified atom stereocenters. The Morgan fingerprint density at radius 3 is 2.46 bits per heavy atom. The van der Waals surface area contributed by atoms with E-state index in [1.165, 1.54) is 29.9 Å². The molecule has 2 saturated heterocycles. The van der Waals surface area contributed by atoms with Gasteiger partial charge in [0.1, 0.15) is 16.5 Å². The maximum atomic E-state index is 13.0. The van der Waals surface area contributed by atoms with Crippen molar-refractivity contribution in [2.24, 2.45) is 5.41 Å². The van der Waals surface area contributed by atoms with Crippen LogP contribution in [0, 0.1) is 11.2 Å². The van der Waals surface area contributed by atoms with Crippen LogP contribution in [0.5, 0.6) is 0 Å². The largest absolute Gasteiger partial charge is 0.337 e. The van der Waals surface area contributed by atoms with Gasteiger partial charge in [0, 0.05) is 30.6 Å². The highest BCUT2D eigenvalue weighted by Crippen LogP contribution is 2.37. The van der Waals surface area contributed by atoms with E-state index in [-0.39, 0.29) is 36.5 Å². The minimum Gasteiger partial charge on any atom is -0.337 e. The van der Waals surface area contributed by atoms with Crippen LogP contribution in [0.1, 0.15) is 29.8 Å². The first-order chi connectivity index (χ1) is 11.7. The number of hydrogen-bond donors (Lipinski definition) is 1. The molecule has 1 aromatic heterocycles. The third-order valence-corrected chi connectivity index (χ3v) is 6.15. The normalized spacial score (nSPS) is 18.3. The number of halogens is 3. The second kappa shape index (κ2) is 8.65. The molecule has 0 saturated carbocycles. The van der Waals surface area contributed by atoms with Crippen LogP contribution >= 0.6 is 36.2 Å². The van der Waals surface area contributed by atoms with Crippen molar-refractivity contribution in [3.63, 3.8) is 0 Å². The van der Waals surface area contributed by atoms with Gasteiger partial charge in [-0.25, -0.2) is 9.37 Å². The van der Waals surface area contributed by atoms with Crippen LogP contribution in [-0.2, 0) is 0 Å². The molecule has 0 atom stereocenters. The molecule has 4 nitrogen and oxygen atoms in total. The zero-order chi connectivity index (χ0) is 16.6. The molecular formula is C18H22Cl2FN3OS. The number of hydrogen-bond acceptors (Lipinski definition) is 4. The summed E-state index contributed by atoms with van der Waals surface area (Å²) >= 11 is 1.43. The van der Waals surface area contributed by atoms with Crippen molar-refractivity contribution in [1.82, 2.24) is 15.2 Å². The molecule has 142 valence electrons. The van der Waals surface area contributed by atoms with E-state index in [9.17, 15) is 9.18 Å². The van der Waals surface area contributed by atoms with Crippen LogP contribution in [0.15, 0.2) is 29.6 Å². The standard InChI is InChI=1S/C18H20FN3OS.2ClH/c19-14-3-1-13(2-4-14)16-21-15(11-24-16)17(23)22-9-6-18(7-10-22)5-8-20-12-18;;/h1-4,11,20H,5-10,12H2;2*1H. The lowest BCUT2D eigenvalue weighted by Crippen LogP contribution is -2.44. The van der Waals surface area contributed by atoms with Gasteiger partial charge in [-0.3, -0.25) is 4.79 Å². The molecule has 0 aliphatic carbocycles. The molecule has 1 aromatic carbocycles. The number of benzene rings is 1. The van der Waals surface area contributed by atoms with E-state index < -0.39 is 0 Å². The number of likely N-dealkylation sites (tertiary alicyclic amines) is 1. The summed E-state index contributed by atoms with van der Waals surface area (Å²) in [6.07, 6.45) is 3.36. The number of amides is 1. The number of carbonyl (C=O) groups is 1. The average molecular weight is 418 g/mol. The molecule has 8 heteroatoms. The molecule has 0 bridgehead atoms. The van der Waals surface area contributed by atoms with Crippen molar-refractivity contribution in [2.45, 2.75) is 19.3 Å². The summed E-state index contributed by atoms with van der Waals surface area (Å²) in [5.74, 6) is -0.254. The summed E-state index contributed by atoms with van der Waals surface area (Å²) in [5.41, 5.74) is 1.74. The van der Waals surface area contributed by atoms with Gasteiger partial charge in [0.05, 0.1) is 0 Å². The highest BCUT2D eigenvalue weighted by molar-refractivity contribution is 7.13. The number of aromatic nitrogens is 1. The fraction of sp³-hybridized carbons (Fsp3) is 0.444. The minimum atomic E-state index is -0.268. The summed E-state index contributed by atoms with van der Waals surface area (Å²) < 4.78 is 13.0. The molecule has 3 heterocycles. The number of carbonyl (C=O) groups excluding carboxylic acids is 1. The zero-order valence-electron chi connectivity index (χ0n) is 14.2. The van der Waals surface area contributed by atoms with Crippen molar-refractivity contribution in [2.75, 3.05) is 26.2 Å². The lowest BCUT2D eigenvalue weighted by atomic mass is 9.78. The maximum Gasteiger partial charge on any atom is 0.273 e. The molecule has 0 radical (unpaired) electrons. The third-order valence-electron chi connectivity index (χ3n) is 5.26. The van der Waals surface area contributed by atoms with Gasteiger partial charge in [-0.05, 0) is 55.5 Å². The van der Waals surface area contributed by atoms with Gasteiger partial charge in [0.15, 0.2) is 0 Å². The minimum absolute atomic E-state index is 0. The van der Waals surface area contributed by atoms with Crippen molar-refractivity contribution < 1.29 is 9.18 Å². The fourth-order valence-corrected chi connectivity index (χ4v) is 4.47. The average Bonchev–Trinajstić information content (AvgIpc) is 3.26. The quantitative estimate of drug-likeness (QED) is 0.802. The summed E-state index contributed by atoms with van der Waals surface area (Å²) in [6.45, 7) is 3.80. The van der Waals surface area contributed by atoms with Gasteiger partial charge in [-0.1, -0.05) is 0 Å². The first-order valence-electron chi connectivity index (χ1n) is 8.37. The van der Waals surface area contributed by atoms with E-state index in [1.807, 2.05) is 10.3 Å². The van der Waals surface area contributed by atoms with Gasteiger partial charge in [0.2, 0.25) is 0 Å². The second-order valence-electron chi connectivity index (χ2n) is 6.76. The smallest absolute Gasteiger partial charge is 0.273 e. The summed E-state index contributed by atoms with van der Waals surface area (Å²) in [5, 5.41) is 6.01. The van der Waals surface area contributed by atoms with Crippen molar-refractivity contribution >= 4 is 42.1 Å². The van der Waals surface area contributed by atoms with E-state index in [1.54, 1.807) is 12.1 Å². The number of nitrogens with one attached hydrogen (secondary N) is 1. The Hall–Kier alpha value is -1.21. The third kappa shape index (κ3) is 4.19. The topological polar surface area (TPSA) is 45.2 Å². The number of piperidine rings is 1. The number of rotatable bonds is 2. The Bertz CT molecular complexity index is 737. The maximum absolute atomic E-state index is 13.0. The van der Waals surface area contributed by atoms with Crippen molar-refractivity contribution in [3.8, 4) is 10.6 Å². The second-order valence-corrected chi connectivity index (χ2v) is 7.62. The molecule has 2 aliphatic heterocycles. The van der Waals surface area contributed by atoms with Crippen LogP contribution in [0.2, 0.25) is 0 Å². The summed E-state index contributed by atoms with van der Waals surface area (Å²) in [7, 11) is 0. The Morgan fingerprint density at radius 1 is 1.15 bits per heavy atom. The van der Waals surface area contributed by atoms with E-state index in [2.05, 4.69) is 10.3 Å². The molecular weight excluding hydrogens is 396 g/mol. The SMILES string of the molecule is Cl.Cl.O=C(c1csc(-c2ccc(F)cc2)n1)N1CCC2(CCNC2)CC1. The zero-order valence-corrected chi connectivity index (χ0v) is 16.7. The highest BCUT2D eigenvalue weighted by atomic mass is 35.5. The van der Waals surface area contributed by atoms with Crippen molar-refractivity contribution in [3.05, 3.63) is 41.2 Å². The van der Waals surface area contributed by atoms with E-state index in [4.69, 9.17) is 0 Å². The van der Waals surface area contributed by atoms with Crippen LogP contribution < -0.4 is 5.32 Å². The first-order valence-corrected chi connectivity index (χ1v) is 9.25. The summed E-state index contributed by atoms with van der Waals surface area (Å²) in [6, 6.07) is 6.22. The van der Waals surface area contributed by atoms with Gasteiger partial charge in [-0.15, -0.1) is 36.2 Å². The predicted molar refractivity (Wildman–Crippen MR) is 107 cm³/mol. The van der Waals surface area contributed by atoms with E-state index in [0.29, 0.717) is 11.1 Å². The Morgan fingerprint density at radius 2 is 1.85 bits per heavy atom. The van der Waals surface area contributed by atoms with E-state index in [0.717, 1.165) is 49.6 Å². The molecule has 2 aromatic rings. The monoisotopic (exact) mass is 417 g/mol. The van der Waals surface area contributed by atoms with Gasteiger partial charge >= 0.3 is 0 Å². The molecule has 1 spiro atoms. The van der Waals surface area contributed by atoms with Crippen LogP contribution in [0.4, 0.5) is 4.39 Å². The lowest BCUT2D eigenvalue weighted by Gasteiger charge is -2.38. The van der Waals surface area contributed by atoms with E-state index >= 15 is 0 Å². The molecule has 26 heavy (non-hydrogen) atoms. The van der Waals surface area contributed by atoms with Crippen LogP contribution in [-0.4, -0.2) is 42.0 Å². The number of thiazole rings is 1. The summed E-state index contributed by atoms with van der Waals surface area (Å²) in [4.78, 5) is 19.1. The van der Waals surface area contributed by atoms with Crippen LogP contribution in [0.25, 0.3) is 10.6 Å². The fourth-order valence-electron chi connectivity index (χ4n) is 3.67. The predicted octanol–water partition coefficient (Wildman–Crippen LogP) is 4.01. The van der Waals surface area contributed by atoms with Gasteiger partial charge in [0.25, 0.3) is 5.91 Å². The molecule has 4 rings (SSSR count). The Kier molecular flexibility index (Phi) is 7.02. The highest BCUT2D eigenvalue weighted by Gasteiger charge is 2.38. The lowest BCUT2D eigenvalue weighted by molar-refractivity contribution is 0.0603. The Balaban J connectivity index is 0.00000121. The van der Waals surface area contributed by atoms with Crippen molar-refractivity contribution in [1.29, 1.82) is 0 Å². The Labute approximate surface area is 169 Å².